The second kappa shape index (κ2) is 5.97. The molecule has 4 heterocycles. The van der Waals surface area contributed by atoms with Crippen LogP contribution in [0, 0.1) is 0 Å². The van der Waals surface area contributed by atoms with Crippen molar-refractivity contribution in [3.63, 3.8) is 0 Å². The highest BCUT2D eigenvalue weighted by Crippen LogP contribution is 2.34. The van der Waals surface area contributed by atoms with Gasteiger partial charge in [0.2, 0.25) is 0 Å². The van der Waals surface area contributed by atoms with Gasteiger partial charge in [-0.2, -0.15) is 11.8 Å². The fourth-order valence-corrected chi connectivity index (χ4v) is 4.59. The summed E-state index contributed by atoms with van der Waals surface area (Å²) in [6.45, 7) is 1.71. The molecule has 0 amide bonds. The number of rotatable bonds is 2. The molecule has 2 aromatic heterocycles. The van der Waals surface area contributed by atoms with Crippen LogP contribution in [0.3, 0.4) is 0 Å². The van der Waals surface area contributed by atoms with Crippen molar-refractivity contribution in [3.05, 3.63) is 24.2 Å². The predicted molar refractivity (Wildman–Crippen MR) is 85.9 cm³/mol. The second-order valence-corrected chi connectivity index (χ2v) is 7.12. The Morgan fingerprint density at radius 3 is 3.10 bits per heavy atom. The molecule has 0 bridgehead atoms. The van der Waals surface area contributed by atoms with Gasteiger partial charge in [-0.25, -0.2) is 9.97 Å². The highest BCUT2D eigenvalue weighted by Gasteiger charge is 2.28. The third-order valence-electron chi connectivity index (χ3n) is 4.50. The third-order valence-corrected chi connectivity index (χ3v) is 5.70. The first kappa shape index (κ1) is 13.6. The molecule has 2 saturated heterocycles. The maximum absolute atomic E-state index is 5.70. The first-order valence-corrected chi connectivity index (χ1v) is 9.07. The topological polar surface area (TPSA) is 39.9 Å². The molecule has 0 aliphatic carbocycles. The lowest BCUT2D eigenvalue weighted by molar-refractivity contribution is 0.0767. The molecule has 2 unspecified atom stereocenters. The monoisotopic (exact) mass is 303 g/mol. The number of hydrogen-bond donors (Lipinski definition) is 0. The molecule has 0 saturated carbocycles. The zero-order valence-corrected chi connectivity index (χ0v) is 13.0. The van der Waals surface area contributed by atoms with E-state index in [2.05, 4.69) is 27.4 Å². The molecule has 2 aliphatic rings. The summed E-state index contributed by atoms with van der Waals surface area (Å²) in [4.78, 5) is 9.54. The minimum Gasteiger partial charge on any atom is -0.381 e. The Morgan fingerprint density at radius 2 is 2.29 bits per heavy atom. The van der Waals surface area contributed by atoms with Crippen molar-refractivity contribution in [1.29, 1.82) is 0 Å². The van der Waals surface area contributed by atoms with Crippen LogP contribution in [0.4, 0.5) is 0 Å². The fourth-order valence-electron chi connectivity index (χ4n) is 3.47. The Bertz CT molecular complexity index is 615. The van der Waals surface area contributed by atoms with Crippen LogP contribution < -0.4 is 0 Å². The van der Waals surface area contributed by atoms with E-state index in [0.29, 0.717) is 12.0 Å². The number of fused-ring (bicyclic) bond motifs is 1. The van der Waals surface area contributed by atoms with E-state index in [-0.39, 0.29) is 0 Å². The van der Waals surface area contributed by atoms with Gasteiger partial charge in [0, 0.05) is 30.5 Å². The Labute approximate surface area is 129 Å². The van der Waals surface area contributed by atoms with Gasteiger partial charge in [0.05, 0.1) is 6.61 Å². The van der Waals surface area contributed by atoms with E-state index < -0.39 is 0 Å². The van der Waals surface area contributed by atoms with Crippen LogP contribution in [0.25, 0.3) is 11.2 Å². The minimum absolute atomic E-state index is 0.430. The van der Waals surface area contributed by atoms with E-state index in [4.69, 9.17) is 9.72 Å². The molecule has 0 aromatic carbocycles. The minimum atomic E-state index is 0.430. The molecule has 2 aromatic rings. The maximum atomic E-state index is 5.70. The van der Waals surface area contributed by atoms with Gasteiger partial charge in [0.1, 0.15) is 11.3 Å². The van der Waals surface area contributed by atoms with Gasteiger partial charge >= 0.3 is 0 Å². The zero-order valence-electron chi connectivity index (χ0n) is 12.2. The van der Waals surface area contributed by atoms with Gasteiger partial charge in [-0.3, -0.25) is 0 Å². The standard InChI is InChI=1S/C16H21N3OS/c1-6-14-16(17-7-1)19(13-5-3-9-21-11-13)15(18-14)12-4-2-8-20-10-12/h1,6-7,12-13H,2-5,8-11H2. The molecule has 2 fully saturated rings. The summed E-state index contributed by atoms with van der Waals surface area (Å²) < 4.78 is 8.13. The van der Waals surface area contributed by atoms with Gasteiger partial charge in [0.15, 0.2) is 5.65 Å². The second-order valence-electron chi connectivity index (χ2n) is 5.97. The number of pyridine rings is 1. The summed E-state index contributed by atoms with van der Waals surface area (Å²) in [5.74, 6) is 4.11. The number of hydrogen-bond acceptors (Lipinski definition) is 4. The summed E-state index contributed by atoms with van der Waals surface area (Å²) in [5, 5.41) is 0. The maximum Gasteiger partial charge on any atom is 0.160 e. The number of ether oxygens (including phenoxy) is 1. The fraction of sp³-hybridized carbons (Fsp3) is 0.625. The van der Waals surface area contributed by atoms with E-state index >= 15 is 0 Å². The summed E-state index contributed by atoms with van der Waals surface area (Å²) in [5.41, 5.74) is 2.10. The number of nitrogens with zero attached hydrogens (tertiary/aromatic N) is 3. The van der Waals surface area contributed by atoms with Gasteiger partial charge in [0.25, 0.3) is 0 Å². The summed E-state index contributed by atoms with van der Waals surface area (Å²) >= 11 is 2.06. The van der Waals surface area contributed by atoms with Gasteiger partial charge in [-0.15, -0.1) is 0 Å². The van der Waals surface area contributed by atoms with Crippen LogP contribution in [0.5, 0.6) is 0 Å². The lowest BCUT2D eigenvalue weighted by atomic mass is 10.0. The van der Waals surface area contributed by atoms with Crippen molar-refractivity contribution in [1.82, 2.24) is 14.5 Å². The first-order chi connectivity index (χ1) is 10.4. The van der Waals surface area contributed by atoms with Crippen LogP contribution in [-0.4, -0.2) is 39.3 Å². The zero-order chi connectivity index (χ0) is 14.1. The largest absolute Gasteiger partial charge is 0.381 e. The summed E-state index contributed by atoms with van der Waals surface area (Å²) in [7, 11) is 0. The van der Waals surface area contributed by atoms with E-state index in [9.17, 15) is 0 Å². The van der Waals surface area contributed by atoms with Crippen molar-refractivity contribution in [2.24, 2.45) is 0 Å². The smallest absolute Gasteiger partial charge is 0.160 e. The molecular weight excluding hydrogens is 282 g/mol. The van der Waals surface area contributed by atoms with Crippen molar-refractivity contribution in [3.8, 4) is 0 Å². The average Bonchev–Trinajstić information content (AvgIpc) is 2.96. The summed E-state index contributed by atoms with van der Waals surface area (Å²) in [6, 6.07) is 4.61. The summed E-state index contributed by atoms with van der Waals surface area (Å²) in [6.07, 6.45) is 6.75. The van der Waals surface area contributed by atoms with Crippen LogP contribution in [-0.2, 0) is 4.74 Å². The van der Waals surface area contributed by atoms with Gasteiger partial charge in [-0.1, -0.05) is 0 Å². The molecule has 0 radical (unpaired) electrons. The van der Waals surface area contributed by atoms with Crippen molar-refractivity contribution < 1.29 is 4.74 Å². The lowest BCUT2D eigenvalue weighted by Crippen LogP contribution is -2.24. The molecule has 4 nitrogen and oxygen atoms in total. The van der Waals surface area contributed by atoms with E-state index in [0.717, 1.165) is 30.8 Å². The van der Waals surface area contributed by atoms with E-state index in [1.54, 1.807) is 0 Å². The highest BCUT2D eigenvalue weighted by atomic mass is 32.2. The molecule has 112 valence electrons. The molecule has 2 atom stereocenters. The van der Waals surface area contributed by atoms with Crippen LogP contribution in [0.1, 0.15) is 43.5 Å². The normalized spacial score (nSPS) is 27.0. The van der Waals surface area contributed by atoms with Gasteiger partial charge in [-0.05, 0) is 43.6 Å². The average molecular weight is 303 g/mol. The molecular formula is C16H21N3OS. The quantitative estimate of drug-likeness (QED) is 0.852. The van der Waals surface area contributed by atoms with Crippen molar-refractivity contribution in [2.75, 3.05) is 24.7 Å². The van der Waals surface area contributed by atoms with Crippen LogP contribution in [0.15, 0.2) is 18.3 Å². The Balaban J connectivity index is 1.79. The van der Waals surface area contributed by atoms with E-state index in [1.165, 1.54) is 36.6 Å². The lowest BCUT2D eigenvalue weighted by Gasteiger charge is -2.28. The number of thioether (sulfide) groups is 1. The number of imidazole rings is 1. The molecule has 2 aliphatic heterocycles. The molecule has 21 heavy (non-hydrogen) atoms. The SMILES string of the molecule is c1cnc2c(c1)nc(C1CCCOC1)n2C1CCCSC1. The highest BCUT2D eigenvalue weighted by molar-refractivity contribution is 7.99. The molecule has 5 heteroatoms. The first-order valence-electron chi connectivity index (χ1n) is 7.92. The third kappa shape index (κ3) is 2.57. The molecule has 0 N–H and O–H groups in total. The van der Waals surface area contributed by atoms with Crippen molar-refractivity contribution >= 4 is 22.9 Å². The van der Waals surface area contributed by atoms with Gasteiger partial charge < -0.3 is 9.30 Å². The van der Waals surface area contributed by atoms with Crippen LogP contribution >= 0.6 is 11.8 Å². The molecule has 0 spiro atoms. The Morgan fingerprint density at radius 1 is 1.29 bits per heavy atom. The van der Waals surface area contributed by atoms with Crippen LogP contribution in [0.2, 0.25) is 0 Å². The number of aromatic nitrogens is 3. The predicted octanol–water partition coefficient (Wildman–Crippen LogP) is 3.39. The Hall–Kier alpha value is -1.07. The Kier molecular flexibility index (Phi) is 3.86. The molecule has 4 rings (SSSR count). The van der Waals surface area contributed by atoms with Crippen molar-refractivity contribution in [2.45, 2.75) is 37.6 Å². The van der Waals surface area contributed by atoms with E-state index in [1.807, 2.05) is 12.3 Å².